The molecule has 33 heavy (non-hydrogen) atoms. The number of aromatic nitrogens is 2. The monoisotopic (exact) mass is 468 g/mol. The van der Waals surface area contributed by atoms with E-state index in [9.17, 15) is 13.2 Å². The van der Waals surface area contributed by atoms with Crippen LogP contribution in [0, 0.1) is 27.7 Å². The summed E-state index contributed by atoms with van der Waals surface area (Å²) in [7, 11) is -3.88. The lowest BCUT2D eigenvalue weighted by molar-refractivity contribution is -0.122. The molecule has 0 aliphatic heterocycles. The van der Waals surface area contributed by atoms with Crippen LogP contribution < -0.4 is 14.8 Å². The van der Waals surface area contributed by atoms with Crippen LogP contribution in [0.2, 0.25) is 0 Å². The lowest BCUT2D eigenvalue weighted by atomic mass is 10.1. The summed E-state index contributed by atoms with van der Waals surface area (Å²) >= 11 is 0. The third-order valence-electron chi connectivity index (χ3n) is 5.13. The summed E-state index contributed by atoms with van der Waals surface area (Å²) in [6.45, 7) is 9.33. The first kappa shape index (κ1) is 24.2. The third kappa shape index (κ3) is 6.07. The summed E-state index contributed by atoms with van der Waals surface area (Å²) in [6.07, 6.45) is -0.205. The SMILES string of the molecule is CCC(Oc1cccc(C)c1C)C(=O)Nc1ccc(S(=O)(=O)Nc2nc(C)cc(C)n2)cc1. The second kappa shape index (κ2) is 9.99. The molecule has 1 aromatic heterocycles. The first-order chi connectivity index (χ1) is 15.6. The summed E-state index contributed by atoms with van der Waals surface area (Å²) in [4.78, 5) is 21.0. The van der Waals surface area contributed by atoms with Gasteiger partial charge in [-0.3, -0.25) is 4.79 Å². The van der Waals surface area contributed by atoms with Crippen LogP contribution >= 0.6 is 0 Å². The Hall–Kier alpha value is -3.46. The number of sulfonamides is 1. The van der Waals surface area contributed by atoms with Crippen molar-refractivity contribution in [2.45, 2.75) is 52.0 Å². The number of carbonyl (C=O) groups is 1. The topological polar surface area (TPSA) is 110 Å². The van der Waals surface area contributed by atoms with E-state index in [0.29, 0.717) is 29.2 Å². The highest BCUT2D eigenvalue weighted by molar-refractivity contribution is 7.92. The first-order valence-electron chi connectivity index (χ1n) is 10.6. The summed E-state index contributed by atoms with van der Waals surface area (Å²) < 4.78 is 33.7. The number of aryl methyl sites for hydroxylation is 3. The third-order valence-corrected chi connectivity index (χ3v) is 6.47. The van der Waals surface area contributed by atoms with E-state index in [1.54, 1.807) is 19.9 Å². The summed E-state index contributed by atoms with van der Waals surface area (Å²) in [6, 6.07) is 13.3. The van der Waals surface area contributed by atoms with Crippen LogP contribution in [-0.4, -0.2) is 30.4 Å². The predicted molar refractivity (Wildman–Crippen MR) is 128 cm³/mol. The van der Waals surface area contributed by atoms with Gasteiger partial charge in [-0.25, -0.2) is 23.1 Å². The molecule has 1 amide bonds. The molecule has 3 rings (SSSR count). The first-order valence-corrected chi connectivity index (χ1v) is 12.1. The van der Waals surface area contributed by atoms with Crippen molar-refractivity contribution in [2.75, 3.05) is 10.0 Å². The molecule has 1 unspecified atom stereocenters. The maximum atomic E-state index is 12.7. The van der Waals surface area contributed by atoms with Crippen LogP contribution in [0.4, 0.5) is 11.6 Å². The Morgan fingerprint density at radius 2 is 1.64 bits per heavy atom. The van der Waals surface area contributed by atoms with Gasteiger partial charge in [0.05, 0.1) is 4.90 Å². The molecule has 0 radical (unpaired) electrons. The van der Waals surface area contributed by atoms with Gasteiger partial charge in [-0.15, -0.1) is 0 Å². The fourth-order valence-electron chi connectivity index (χ4n) is 3.22. The second-order valence-electron chi connectivity index (χ2n) is 7.81. The van der Waals surface area contributed by atoms with Gasteiger partial charge in [-0.1, -0.05) is 19.1 Å². The van der Waals surface area contributed by atoms with Crippen molar-refractivity contribution in [3.8, 4) is 5.75 Å². The molecule has 0 saturated carbocycles. The standard InChI is InChI=1S/C24H28N4O4S/c1-6-21(32-22-9-7-8-15(2)18(22)5)23(29)27-19-10-12-20(13-11-19)33(30,31)28-24-25-16(3)14-17(4)26-24/h7-14,21H,6H2,1-5H3,(H,27,29)(H,25,26,28). The molecule has 1 atom stereocenters. The Morgan fingerprint density at radius 3 is 2.24 bits per heavy atom. The van der Waals surface area contributed by atoms with Crippen LogP contribution in [-0.2, 0) is 14.8 Å². The van der Waals surface area contributed by atoms with E-state index in [4.69, 9.17) is 4.74 Å². The molecule has 0 spiro atoms. The minimum Gasteiger partial charge on any atom is -0.480 e. The van der Waals surface area contributed by atoms with Crippen molar-refractivity contribution >= 4 is 27.6 Å². The highest BCUT2D eigenvalue weighted by Gasteiger charge is 2.21. The zero-order valence-corrected chi connectivity index (χ0v) is 20.2. The van der Waals surface area contributed by atoms with Gasteiger partial charge >= 0.3 is 0 Å². The highest BCUT2D eigenvalue weighted by Crippen LogP contribution is 2.23. The fraction of sp³-hybridized carbons (Fsp3) is 0.292. The molecule has 0 aliphatic rings. The largest absolute Gasteiger partial charge is 0.480 e. The van der Waals surface area contributed by atoms with Crippen LogP contribution in [0.15, 0.2) is 53.4 Å². The van der Waals surface area contributed by atoms with Crippen molar-refractivity contribution in [1.29, 1.82) is 0 Å². The summed E-state index contributed by atoms with van der Waals surface area (Å²) in [5, 5.41) is 2.79. The minimum absolute atomic E-state index is 0.0132. The van der Waals surface area contributed by atoms with E-state index in [2.05, 4.69) is 20.0 Å². The number of nitrogens with zero attached hydrogens (tertiary/aromatic N) is 2. The summed E-state index contributed by atoms with van der Waals surface area (Å²) in [5.41, 5.74) is 3.85. The van der Waals surface area contributed by atoms with E-state index in [1.807, 2.05) is 39.0 Å². The van der Waals surface area contributed by atoms with Gasteiger partial charge < -0.3 is 10.1 Å². The van der Waals surface area contributed by atoms with E-state index >= 15 is 0 Å². The van der Waals surface area contributed by atoms with Crippen molar-refractivity contribution < 1.29 is 17.9 Å². The number of hydrogen-bond acceptors (Lipinski definition) is 6. The molecule has 2 aromatic carbocycles. The molecule has 0 aliphatic carbocycles. The Balaban J connectivity index is 1.69. The van der Waals surface area contributed by atoms with Gasteiger partial charge in [0.1, 0.15) is 5.75 Å². The highest BCUT2D eigenvalue weighted by atomic mass is 32.2. The average molecular weight is 469 g/mol. The number of nitrogens with one attached hydrogen (secondary N) is 2. The van der Waals surface area contributed by atoms with Crippen LogP contribution in [0.5, 0.6) is 5.75 Å². The Labute approximate surface area is 194 Å². The lowest BCUT2D eigenvalue weighted by Crippen LogP contribution is -2.32. The van der Waals surface area contributed by atoms with E-state index in [0.717, 1.165) is 11.1 Å². The molecule has 0 fully saturated rings. The minimum atomic E-state index is -3.88. The van der Waals surface area contributed by atoms with Gasteiger partial charge in [0.2, 0.25) is 5.95 Å². The van der Waals surface area contributed by atoms with Crippen LogP contribution in [0.25, 0.3) is 0 Å². The number of amides is 1. The van der Waals surface area contributed by atoms with E-state index in [1.165, 1.54) is 24.3 Å². The molecule has 174 valence electrons. The Morgan fingerprint density at radius 1 is 1.00 bits per heavy atom. The van der Waals surface area contributed by atoms with Crippen molar-refractivity contribution in [3.63, 3.8) is 0 Å². The summed E-state index contributed by atoms with van der Waals surface area (Å²) in [5.74, 6) is 0.369. The normalized spacial score (nSPS) is 12.2. The van der Waals surface area contributed by atoms with E-state index < -0.39 is 16.1 Å². The molecule has 9 heteroatoms. The number of benzene rings is 2. The Kier molecular flexibility index (Phi) is 7.33. The van der Waals surface area contributed by atoms with Gasteiger partial charge in [0.15, 0.2) is 6.10 Å². The number of anilines is 2. The van der Waals surface area contributed by atoms with Gasteiger partial charge in [0.25, 0.3) is 15.9 Å². The molecular weight excluding hydrogens is 440 g/mol. The number of ether oxygens (including phenoxy) is 1. The van der Waals surface area contributed by atoms with Crippen LogP contribution in [0.3, 0.4) is 0 Å². The number of carbonyl (C=O) groups excluding carboxylic acids is 1. The maximum Gasteiger partial charge on any atom is 0.265 e. The van der Waals surface area contributed by atoms with Crippen molar-refractivity contribution in [2.24, 2.45) is 0 Å². The molecule has 3 aromatic rings. The molecule has 8 nitrogen and oxygen atoms in total. The zero-order valence-electron chi connectivity index (χ0n) is 19.3. The molecule has 0 bridgehead atoms. The van der Waals surface area contributed by atoms with Crippen molar-refractivity contribution in [3.05, 3.63) is 71.0 Å². The second-order valence-corrected chi connectivity index (χ2v) is 9.49. The Bertz CT molecular complexity index is 1240. The smallest absolute Gasteiger partial charge is 0.265 e. The van der Waals surface area contributed by atoms with Crippen LogP contribution in [0.1, 0.15) is 35.9 Å². The number of hydrogen-bond donors (Lipinski definition) is 2. The molecule has 0 saturated heterocycles. The maximum absolute atomic E-state index is 12.7. The lowest BCUT2D eigenvalue weighted by Gasteiger charge is -2.19. The average Bonchev–Trinajstić information content (AvgIpc) is 2.74. The van der Waals surface area contributed by atoms with Gasteiger partial charge in [0, 0.05) is 17.1 Å². The van der Waals surface area contributed by atoms with E-state index in [-0.39, 0.29) is 16.8 Å². The zero-order chi connectivity index (χ0) is 24.2. The molecular formula is C24H28N4O4S. The van der Waals surface area contributed by atoms with Crippen molar-refractivity contribution in [1.82, 2.24) is 9.97 Å². The molecule has 2 N–H and O–H groups in total. The molecule has 1 heterocycles. The van der Waals surface area contributed by atoms with Gasteiger partial charge in [-0.05, 0) is 81.6 Å². The number of rotatable bonds is 8. The predicted octanol–water partition coefficient (Wildman–Crippen LogP) is 4.31. The quantitative estimate of drug-likeness (QED) is 0.510. The van der Waals surface area contributed by atoms with Gasteiger partial charge in [-0.2, -0.15) is 0 Å². The fourth-order valence-corrected chi connectivity index (χ4v) is 4.16.